The highest BCUT2D eigenvalue weighted by atomic mass is 32.2. The molecule has 2 aliphatic heterocycles. The summed E-state index contributed by atoms with van der Waals surface area (Å²) in [5, 5.41) is 4.15. The lowest BCUT2D eigenvalue weighted by atomic mass is 10.1. The number of piperidine rings is 1. The van der Waals surface area contributed by atoms with Gasteiger partial charge in [0.15, 0.2) is 15.7 Å². The van der Waals surface area contributed by atoms with E-state index in [1.54, 1.807) is 6.07 Å². The Hall–Kier alpha value is -2.72. The topological polar surface area (TPSA) is 95.1 Å². The summed E-state index contributed by atoms with van der Waals surface area (Å²) in [5.41, 5.74) is 2.14. The van der Waals surface area contributed by atoms with Gasteiger partial charge in [-0.25, -0.2) is 23.1 Å². The highest BCUT2D eigenvalue weighted by molar-refractivity contribution is 7.92. The van der Waals surface area contributed by atoms with Crippen molar-refractivity contribution in [2.45, 2.75) is 83.2 Å². The third-order valence-corrected chi connectivity index (χ3v) is 9.69. The van der Waals surface area contributed by atoms with Crippen LogP contribution in [-0.4, -0.2) is 68.6 Å². The third kappa shape index (κ3) is 4.34. The molecule has 2 aliphatic rings. The summed E-state index contributed by atoms with van der Waals surface area (Å²) < 4.78 is 37.6. The standard InChI is InChI=1S/C26H36N6O3S/c1-16(2)30-9-7-20(8-10-30)36(33,34)24-14-21-23(13-18(24)5)35-12-11-31-15-22(28-25(21)31)26-27-19(6)29-32(26)17(3)4/h13-17,20H,7-12H2,1-6H3. The second-order valence-electron chi connectivity index (χ2n) is 10.5. The van der Waals surface area contributed by atoms with Crippen LogP contribution in [0.4, 0.5) is 0 Å². The number of nitrogens with zero attached hydrogens (tertiary/aromatic N) is 6. The number of aromatic nitrogens is 5. The van der Waals surface area contributed by atoms with Gasteiger partial charge >= 0.3 is 0 Å². The van der Waals surface area contributed by atoms with Gasteiger partial charge in [-0.05, 0) is 85.2 Å². The van der Waals surface area contributed by atoms with Crippen molar-refractivity contribution in [3.05, 3.63) is 29.7 Å². The maximum Gasteiger partial charge on any atom is 0.181 e. The average Bonchev–Trinajstić information content (AvgIpc) is 3.38. The number of imidazole rings is 1. The molecule has 1 aromatic carbocycles. The normalized spacial score (nSPS) is 17.2. The molecule has 0 saturated carbocycles. The Morgan fingerprint density at radius 3 is 2.36 bits per heavy atom. The number of benzene rings is 1. The van der Waals surface area contributed by atoms with E-state index < -0.39 is 9.84 Å². The van der Waals surface area contributed by atoms with E-state index in [0.717, 1.165) is 24.3 Å². The van der Waals surface area contributed by atoms with Crippen molar-refractivity contribution in [2.24, 2.45) is 0 Å². The average molecular weight is 513 g/mol. The van der Waals surface area contributed by atoms with Gasteiger partial charge < -0.3 is 14.2 Å². The number of fused-ring (bicyclic) bond motifs is 3. The van der Waals surface area contributed by atoms with Gasteiger partial charge in [-0.2, -0.15) is 5.10 Å². The molecule has 3 aromatic rings. The van der Waals surface area contributed by atoms with Gasteiger partial charge in [-0.1, -0.05) is 0 Å². The molecule has 194 valence electrons. The molecule has 5 rings (SSSR count). The minimum atomic E-state index is -3.50. The third-order valence-electron chi connectivity index (χ3n) is 7.29. The monoisotopic (exact) mass is 512 g/mol. The van der Waals surface area contributed by atoms with Crippen LogP contribution in [-0.2, 0) is 16.4 Å². The summed E-state index contributed by atoms with van der Waals surface area (Å²) in [7, 11) is -3.50. The van der Waals surface area contributed by atoms with E-state index in [1.165, 1.54) is 0 Å². The molecule has 0 amide bonds. The molecule has 0 spiro atoms. The Kier molecular flexibility index (Phi) is 6.45. The largest absolute Gasteiger partial charge is 0.491 e. The predicted octanol–water partition coefficient (Wildman–Crippen LogP) is 4.05. The van der Waals surface area contributed by atoms with Crippen LogP contribution in [0.1, 0.15) is 58.0 Å². The van der Waals surface area contributed by atoms with Crippen molar-refractivity contribution >= 4 is 9.84 Å². The summed E-state index contributed by atoms with van der Waals surface area (Å²) in [4.78, 5) is 12.3. The lowest BCUT2D eigenvalue weighted by Crippen LogP contribution is -2.42. The van der Waals surface area contributed by atoms with Crippen LogP contribution in [0.5, 0.6) is 5.75 Å². The van der Waals surface area contributed by atoms with E-state index in [9.17, 15) is 8.42 Å². The molecule has 2 aromatic heterocycles. The number of likely N-dealkylation sites (tertiary alicyclic amines) is 1. The zero-order valence-electron chi connectivity index (χ0n) is 22.0. The van der Waals surface area contributed by atoms with Gasteiger partial charge in [-0.3, -0.25) is 0 Å². The second kappa shape index (κ2) is 9.30. The molecule has 0 bridgehead atoms. The van der Waals surface area contributed by atoms with E-state index in [-0.39, 0.29) is 11.3 Å². The minimum Gasteiger partial charge on any atom is -0.491 e. The SMILES string of the molecule is Cc1nc(-c2cn3c(n2)-c2cc(S(=O)(=O)C4CCN(C(C)C)CC4)c(C)cc2OCC3)n(C(C)C)n1. The van der Waals surface area contributed by atoms with Crippen LogP contribution in [0.25, 0.3) is 22.9 Å². The molecule has 36 heavy (non-hydrogen) atoms. The van der Waals surface area contributed by atoms with E-state index in [2.05, 4.69) is 42.7 Å². The molecule has 0 radical (unpaired) electrons. The van der Waals surface area contributed by atoms with Gasteiger partial charge in [0.25, 0.3) is 0 Å². The molecule has 1 fully saturated rings. The van der Waals surface area contributed by atoms with Crippen LogP contribution < -0.4 is 4.74 Å². The Morgan fingerprint density at radius 2 is 1.69 bits per heavy atom. The van der Waals surface area contributed by atoms with Crippen LogP contribution >= 0.6 is 0 Å². The van der Waals surface area contributed by atoms with Crippen molar-refractivity contribution in [3.8, 4) is 28.7 Å². The lowest BCUT2D eigenvalue weighted by Gasteiger charge is -2.34. The molecule has 0 unspecified atom stereocenters. The molecular formula is C26H36N6O3S. The van der Waals surface area contributed by atoms with Gasteiger partial charge in [0.2, 0.25) is 0 Å². The quantitative estimate of drug-likeness (QED) is 0.509. The van der Waals surface area contributed by atoms with Gasteiger partial charge in [0.05, 0.1) is 22.3 Å². The summed E-state index contributed by atoms with van der Waals surface area (Å²) >= 11 is 0. The van der Waals surface area contributed by atoms with Crippen LogP contribution in [0.15, 0.2) is 23.2 Å². The zero-order chi connectivity index (χ0) is 25.8. The van der Waals surface area contributed by atoms with Crippen molar-refractivity contribution in [2.75, 3.05) is 19.7 Å². The highest BCUT2D eigenvalue weighted by Crippen LogP contribution is 2.39. The molecule has 0 N–H and O–H groups in total. The molecule has 4 heterocycles. The fourth-order valence-corrected chi connectivity index (χ4v) is 7.25. The lowest BCUT2D eigenvalue weighted by molar-refractivity contribution is 0.186. The zero-order valence-corrected chi connectivity index (χ0v) is 22.8. The number of hydrogen-bond donors (Lipinski definition) is 0. The first-order chi connectivity index (χ1) is 17.1. The van der Waals surface area contributed by atoms with Crippen molar-refractivity contribution < 1.29 is 13.2 Å². The smallest absolute Gasteiger partial charge is 0.181 e. The molecule has 0 aliphatic carbocycles. The highest BCUT2D eigenvalue weighted by Gasteiger charge is 2.34. The van der Waals surface area contributed by atoms with Gasteiger partial charge in [-0.15, -0.1) is 0 Å². The molecule has 10 heteroatoms. The molecule has 9 nitrogen and oxygen atoms in total. The van der Waals surface area contributed by atoms with E-state index in [4.69, 9.17) is 9.72 Å². The fraction of sp³-hybridized carbons (Fsp3) is 0.577. The Bertz CT molecular complexity index is 1380. The maximum absolute atomic E-state index is 13.8. The summed E-state index contributed by atoms with van der Waals surface area (Å²) in [5.74, 6) is 2.76. The molecule has 0 atom stereocenters. The minimum absolute atomic E-state index is 0.139. The van der Waals surface area contributed by atoms with E-state index >= 15 is 0 Å². The number of ether oxygens (including phenoxy) is 1. The van der Waals surface area contributed by atoms with Crippen LogP contribution in [0.3, 0.4) is 0 Å². The van der Waals surface area contributed by atoms with E-state index in [0.29, 0.717) is 65.7 Å². The molecular weight excluding hydrogens is 476 g/mol. The van der Waals surface area contributed by atoms with E-state index in [1.807, 2.05) is 35.4 Å². The summed E-state index contributed by atoms with van der Waals surface area (Å²) in [6.07, 6.45) is 3.26. The van der Waals surface area contributed by atoms with Crippen molar-refractivity contribution in [1.82, 2.24) is 29.2 Å². The predicted molar refractivity (Wildman–Crippen MR) is 139 cm³/mol. The first kappa shape index (κ1) is 25.0. The Balaban J connectivity index is 1.56. The first-order valence-corrected chi connectivity index (χ1v) is 14.4. The van der Waals surface area contributed by atoms with Gasteiger partial charge in [0.1, 0.15) is 29.7 Å². The van der Waals surface area contributed by atoms with Crippen LogP contribution in [0, 0.1) is 13.8 Å². The Labute approximate surface area is 213 Å². The number of rotatable bonds is 5. The Morgan fingerprint density at radius 1 is 0.972 bits per heavy atom. The second-order valence-corrected chi connectivity index (χ2v) is 12.7. The van der Waals surface area contributed by atoms with Crippen molar-refractivity contribution in [3.63, 3.8) is 0 Å². The maximum atomic E-state index is 13.8. The first-order valence-electron chi connectivity index (χ1n) is 12.8. The molecule has 1 saturated heterocycles. The van der Waals surface area contributed by atoms with Crippen LogP contribution in [0.2, 0.25) is 0 Å². The summed E-state index contributed by atoms with van der Waals surface area (Å²) in [6.45, 7) is 14.9. The fourth-order valence-electron chi connectivity index (χ4n) is 5.27. The number of sulfone groups is 1. The number of aryl methyl sites for hydroxylation is 2. The summed E-state index contributed by atoms with van der Waals surface area (Å²) in [6, 6.07) is 4.20. The number of hydrogen-bond acceptors (Lipinski definition) is 7. The van der Waals surface area contributed by atoms with Crippen molar-refractivity contribution in [1.29, 1.82) is 0 Å². The van der Waals surface area contributed by atoms with Gasteiger partial charge in [0, 0.05) is 18.3 Å².